The number of halogens is 4. The van der Waals surface area contributed by atoms with Gasteiger partial charge in [0.1, 0.15) is 11.5 Å². The zero-order valence-corrected chi connectivity index (χ0v) is 24.4. The molecule has 0 amide bonds. The molecule has 0 radical (unpaired) electrons. The number of aromatic nitrogens is 6. The van der Waals surface area contributed by atoms with Gasteiger partial charge in [0.05, 0.1) is 34.8 Å². The number of alkyl halides is 3. The molecule has 4 aromatic rings. The zero-order chi connectivity index (χ0) is 30.8. The van der Waals surface area contributed by atoms with E-state index in [4.69, 9.17) is 0 Å². The van der Waals surface area contributed by atoms with E-state index in [9.17, 15) is 26.6 Å². The van der Waals surface area contributed by atoms with E-state index in [0.717, 1.165) is 48.0 Å². The summed E-state index contributed by atoms with van der Waals surface area (Å²) in [5, 5.41) is 13.2. The van der Waals surface area contributed by atoms with Crippen LogP contribution in [0.2, 0.25) is 0 Å². The van der Waals surface area contributed by atoms with Gasteiger partial charge >= 0.3 is 6.18 Å². The maximum Gasteiger partial charge on any atom is 0.416 e. The molecule has 0 bridgehead atoms. The highest BCUT2D eigenvalue weighted by molar-refractivity contribution is 7.82. The summed E-state index contributed by atoms with van der Waals surface area (Å²) < 4.78 is 72.0. The van der Waals surface area contributed by atoms with Crippen LogP contribution >= 0.6 is 0 Å². The third kappa shape index (κ3) is 4.99. The minimum absolute atomic E-state index is 0.0348. The first kappa shape index (κ1) is 28.7. The second kappa shape index (κ2) is 10.5. The summed E-state index contributed by atoms with van der Waals surface area (Å²) in [5.74, 6) is -0.899. The van der Waals surface area contributed by atoms with Crippen LogP contribution in [0.4, 0.5) is 17.6 Å². The average Bonchev–Trinajstić information content (AvgIpc) is 3.61. The molecule has 3 heterocycles. The van der Waals surface area contributed by atoms with Crippen molar-refractivity contribution in [1.82, 2.24) is 34.1 Å². The molecule has 1 aromatic carbocycles. The molecule has 0 N–H and O–H groups in total. The van der Waals surface area contributed by atoms with Crippen LogP contribution in [0.25, 0.3) is 11.8 Å². The Morgan fingerprint density at radius 2 is 1.84 bits per heavy atom. The lowest BCUT2D eigenvalue weighted by atomic mass is 9.60. The molecule has 44 heavy (non-hydrogen) atoms. The first-order valence-electron chi connectivity index (χ1n) is 14.2. The highest BCUT2D eigenvalue weighted by atomic mass is 32.2. The third-order valence-corrected chi connectivity index (χ3v) is 10.2. The lowest BCUT2D eigenvalue weighted by Gasteiger charge is -2.46. The highest BCUT2D eigenvalue weighted by Crippen LogP contribution is 2.52. The number of hydrogen-bond donors (Lipinski definition) is 0. The molecule has 14 heteroatoms. The molecule has 2 fully saturated rings. The minimum atomic E-state index is -4.64. The molecule has 2 saturated carbocycles. The SMILES string of the molecule is Cn1ncc(S(=O)N(C2CC2)C2CCC3=Cc4c(cnn4-c4ccc(F)cc4)CC3(C(=O)c3cc(C(F)(F)F)ccn3)C2)n1. The van der Waals surface area contributed by atoms with Crippen LogP contribution in [0, 0.1) is 11.2 Å². The van der Waals surface area contributed by atoms with Gasteiger partial charge in [-0.2, -0.15) is 28.2 Å². The Bertz CT molecular complexity index is 1810. The van der Waals surface area contributed by atoms with E-state index in [1.54, 1.807) is 30.1 Å². The lowest BCUT2D eigenvalue weighted by molar-refractivity contribution is -0.137. The van der Waals surface area contributed by atoms with E-state index in [1.807, 2.05) is 10.4 Å². The molecule has 0 saturated heterocycles. The standard InChI is InChI=1S/C30H27F4N7O2S/c1-39-36-17-27(38-39)44(43)41(23-8-9-23)24-5-2-19-13-26-18(16-37-40(26)22-6-3-21(31)4-7-22)14-29(19,15-24)28(42)25-12-20(10-11-35-25)30(32,33)34/h3-4,6-7,10-13,16-17,23-24H,2,5,8-9,14-15H2,1H3. The fourth-order valence-corrected chi connectivity index (χ4v) is 7.95. The maximum atomic E-state index is 14.5. The zero-order valence-electron chi connectivity index (χ0n) is 23.5. The Morgan fingerprint density at radius 3 is 2.52 bits per heavy atom. The Kier molecular flexibility index (Phi) is 6.88. The molecule has 3 aliphatic rings. The van der Waals surface area contributed by atoms with Crippen molar-refractivity contribution >= 4 is 22.8 Å². The molecule has 228 valence electrons. The van der Waals surface area contributed by atoms with Gasteiger partial charge in [-0.1, -0.05) is 5.57 Å². The number of pyridine rings is 1. The van der Waals surface area contributed by atoms with E-state index in [-0.39, 0.29) is 36.4 Å². The van der Waals surface area contributed by atoms with Crippen LogP contribution in [0.1, 0.15) is 59.4 Å². The number of benzene rings is 1. The summed E-state index contributed by atoms with van der Waals surface area (Å²) in [6.07, 6.45) is 4.49. The van der Waals surface area contributed by atoms with Crippen molar-refractivity contribution in [2.75, 3.05) is 0 Å². The van der Waals surface area contributed by atoms with Gasteiger partial charge in [0.2, 0.25) is 0 Å². The summed E-state index contributed by atoms with van der Waals surface area (Å²) in [5.41, 5.74) is 0.401. The summed E-state index contributed by atoms with van der Waals surface area (Å²) in [6.45, 7) is 0. The quantitative estimate of drug-likeness (QED) is 0.209. The minimum Gasteiger partial charge on any atom is -0.291 e. The van der Waals surface area contributed by atoms with Crippen LogP contribution in [0.3, 0.4) is 0 Å². The van der Waals surface area contributed by atoms with Gasteiger partial charge in [0.15, 0.2) is 21.8 Å². The maximum absolute atomic E-state index is 14.5. The number of carbonyl (C=O) groups excluding carboxylic acids is 1. The Balaban J connectivity index is 1.31. The second-order valence-corrected chi connectivity index (χ2v) is 12.9. The average molecular weight is 626 g/mol. The monoisotopic (exact) mass is 625 g/mol. The number of allylic oxidation sites excluding steroid dienone is 1. The van der Waals surface area contributed by atoms with E-state index in [1.165, 1.54) is 23.1 Å². The molecule has 3 unspecified atom stereocenters. The van der Waals surface area contributed by atoms with Gasteiger partial charge in [-0.3, -0.25) is 9.78 Å². The van der Waals surface area contributed by atoms with Crippen molar-refractivity contribution in [1.29, 1.82) is 0 Å². The van der Waals surface area contributed by atoms with Crippen molar-refractivity contribution in [3.63, 3.8) is 0 Å². The highest BCUT2D eigenvalue weighted by Gasteiger charge is 2.53. The van der Waals surface area contributed by atoms with Crippen LogP contribution < -0.4 is 0 Å². The first-order chi connectivity index (χ1) is 21.0. The van der Waals surface area contributed by atoms with Crippen molar-refractivity contribution in [3.8, 4) is 5.69 Å². The fraction of sp³-hybridized carbons (Fsp3) is 0.367. The molecule has 3 atom stereocenters. The molecular weight excluding hydrogens is 598 g/mol. The largest absolute Gasteiger partial charge is 0.416 e. The molecule has 0 spiro atoms. The Labute approximate surface area is 252 Å². The van der Waals surface area contributed by atoms with E-state index in [0.29, 0.717) is 23.6 Å². The number of hydrogen-bond acceptors (Lipinski definition) is 6. The number of carbonyl (C=O) groups is 1. The van der Waals surface area contributed by atoms with Crippen molar-refractivity contribution in [3.05, 3.63) is 88.9 Å². The van der Waals surface area contributed by atoms with Crippen molar-refractivity contribution in [2.45, 2.75) is 61.8 Å². The third-order valence-electron chi connectivity index (χ3n) is 8.68. The van der Waals surface area contributed by atoms with Crippen molar-refractivity contribution < 1.29 is 26.6 Å². The second-order valence-electron chi connectivity index (χ2n) is 11.5. The summed E-state index contributed by atoms with van der Waals surface area (Å²) in [6, 6.07) is 7.26. The van der Waals surface area contributed by atoms with Gasteiger partial charge in [-0.25, -0.2) is 17.6 Å². The van der Waals surface area contributed by atoms with Crippen LogP contribution in [-0.4, -0.2) is 56.1 Å². The van der Waals surface area contributed by atoms with Crippen LogP contribution in [0.15, 0.2) is 65.6 Å². The first-order valence-corrected chi connectivity index (χ1v) is 15.3. The summed E-state index contributed by atoms with van der Waals surface area (Å²) in [7, 11) is -0.000166. The molecule has 3 aliphatic carbocycles. The van der Waals surface area contributed by atoms with Crippen LogP contribution in [0.5, 0.6) is 0 Å². The predicted molar refractivity (Wildman–Crippen MR) is 151 cm³/mol. The van der Waals surface area contributed by atoms with Gasteiger partial charge in [-0.15, -0.1) is 5.10 Å². The molecule has 9 nitrogen and oxygen atoms in total. The van der Waals surface area contributed by atoms with Crippen molar-refractivity contribution in [2.24, 2.45) is 12.5 Å². The number of rotatable bonds is 7. The Hall–Kier alpha value is -4.04. The van der Waals surface area contributed by atoms with Gasteiger partial charge < -0.3 is 0 Å². The number of aryl methyl sites for hydroxylation is 1. The number of Topliss-reactive ketones (excluding diaryl/α,β-unsaturated/α-hetero) is 1. The molecule has 3 aromatic heterocycles. The van der Waals surface area contributed by atoms with E-state index in [2.05, 4.69) is 20.3 Å². The predicted octanol–water partition coefficient (Wildman–Crippen LogP) is 5.10. The fourth-order valence-electron chi connectivity index (χ4n) is 6.48. The normalized spacial score (nSPS) is 22.3. The molecule has 0 aliphatic heterocycles. The Morgan fingerprint density at radius 1 is 1.07 bits per heavy atom. The van der Waals surface area contributed by atoms with Gasteiger partial charge in [0, 0.05) is 25.3 Å². The number of fused-ring (bicyclic) bond motifs is 2. The molecular formula is C30H27F4N7O2S. The van der Waals surface area contributed by atoms with Gasteiger partial charge in [0.25, 0.3) is 0 Å². The van der Waals surface area contributed by atoms with Gasteiger partial charge in [-0.05, 0) is 86.6 Å². The smallest absolute Gasteiger partial charge is 0.291 e. The summed E-state index contributed by atoms with van der Waals surface area (Å²) in [4.78, 5) is 19.9. The number of nitrogens with zero attached hydrogens (tertiary/aromatic N) is 7. The van der Waals surface area contributed by atoms with E-state index >= 15 is 0 Å². The summed E-state index contributed by atoms with van der Waals surface area (Å²) >= 11 is 0. The molecule has 7 rings (SSSR count). The van der Waals surface area contributed by atoms with E-state index < -0.39 is 33.9 Å². The van der Waals surface area contributed by atoms with Crippen LogP contribution in [-0.2, 0) is 30.6 Å². The number of ketones is 1. The topological polar surface area (TPSA) is 98.8 Å². The lowest BCUT2D eigenvalue weighted by Crippen LogP contribution is -2.50.